The molecule has 0 aromatic carbocycles. The monoisotopic (exact) mass is 263 g/mol. The smallest absolute Gasteiger partial charge is 0.0897 e. The molecular formula is C13H29NO4. The second-order valence-corrected chi connectivity index (χ2v) is 5.13. The van der Waals surface area contributed by atoms with Gasteiger partial charge in [0.1, 0.15) is 0 Å². The summed E-state index contributed by atoms with van der Waals surface area (Å²) in [7, 11) is 0. The molecule has 18 heavy (non-hydrogen) atoms. The molecule has 0 spiro atoms. The summed E-state index contributed by atoms with van der Waals surface area (Å²) in [5.41, 5.74) is -0.717. The summed E-state index contributed by atoms with van der Waals surface area (Å²) >= 11 is 0. The van der Waals surface area contributed by atoms with Crippen LogP contribution in [0, 0.1) is 0 Å². The first-order valence-corrected chi connectivity index (χ1v) is 6.68. The fourth-order valence-electron chi connectivity index (χ4n) is 1.25. The van der Waals surface area contributed by atoms with Gasteiger partial charge in [0, 0.05) is 13.1 Å². The number of rotatable bonds is 11. The molecule has 3 N–H and O–H groups in total. The van der Waals surface area contributed by atoms with E-state index in [0.29, 0.717) is 32.7 Å². The Labute approximate surface area is 110 Å². The molecular weight excluding hydrogens is 234 g/mol. The van der Waals surface area contributed by atoms with E-state index in [1.807, 2.05) is 20.8 Å². The molecule has 0 radical (unpaired) electrons. The van der Waals surface area contributed by atoms with E-state index in [0.717, 1.165) is 0 Å². The van der Waals surface area contributed by atoms with E-state index in [1.54, 1.807) is 6.92 Å². The number of aliphatic hydroxyl groups excluding tert-OH is 1. The van der Waals surface area contributed by atoms with Crippen LogP contribution in [0.1, 0.15) is 34.1 Å². The minimum absolute atomic E-state index is 0.205. The third-order valence-electron chi connectivity index (χ3n) is 2.64. The molecule has 0 aliphatic carbocycles. The Morgan fingerprint density at radius 1 is 1.28 bits per heavy atom. The van der Waals surface area contributed by atoms with Crippen LogP contribution in [-0.2, 0) is 9.47 Å². The molecule has 0 fully saturated rings. The molecule has 2 unspecified atom stereocenters. The van der Waals surface area contributed by atoms with Crippen LogP contribution in [0.25, 0.3) is 0 Å². The van der Waals surface area contributed by atoms with Crippen molar-refractivity contribution in [3.05, 3.63) is 0 Å². The Kier molecular flexibility index (Phi) is 9.59. The number of nitrogens with one attached hydrogen (secondary N) is 1. The third kappa shape index (κ3) is 10.9. The van der Waals surface area contributed by atoms with E-state index in [2.05, 4.69) is 5.32 Å². The molecule has 0 saturated heterocycles. The molecule has 0 aliphatic rings. The van der Waals surface area contributed by atoms with E-state index in [9.17, 15) is 10.2 Å². The van der Waals surface area contributed by atoms with Gasteiger partial charge in [0.25, 0.3) is 0 Å². The summed E-state index contributed by atoms with van der Waals surface area (Å²) in [6, 6.07) is 0. The maximum Gasteiger partial charge on any atom is 0.0897 e. The Morgan fingerprint density at radius 3 is 2.50 bits per heavy atom. The molecule has 2 atom stereocenters. The molecule has 0 aliphatic heterocycles. The maximum atomic E-state index is 9.74. The molecule has 0 bridgehead atoms. The van der Waals surface area contributed by atoms with Crippen LogP contribution in [0.2, 0.25) is 0 Å². The van der Waals surface area contributed by atoms with Gasteiger partial charge in [-0.05, 0) is 27.2 Å². The van der Waals surface area contributed by atoms with Crippen LogP contribution in [0.3, 0.4) is 0 Å². The van der Waals surface area contributed by atoms with Gasteiger partial charge in [-0.2, -0.15) is 0 Å². The molecule has 0 saturated carbocycles. The van der Waals surface area contributed by atoms with Crippen molar-refractivity contribution in [2.24, 2.45) is 0 Å². The first kappa shape index (κ1) is 17.8. The summed E-state index contributed by atoms with van der Waals surface area (Å²) in [5, 5.41) is 22.4. The number of hydrogen-bond donors (Lipinski definition) is 3. The lowest BCUT2D eigenvalue weighted by Gasteiger charge is -2.22. The molecule has 0 rings (SSSR count). The molecule has 110 valence electrons. The normalized spacial score (nSPS) is 16.8. The maximum absolute atomic E-state index is 9.74. The lowest BCUT2D eigenvalue weighted by atomic mass is 10.0. The Balaban J connectivity index is 3.40. The van der Waals surface area contributed by atoms with Crippen LogP contribution in [-0.4, -0.2) is 60.9 Å². The van der Waals surface area contributed by atoms with Crippen molar-refractivity contribution in [3.63, 3.8) is 0 Å². The molecule has 0 heterocycles. The van der Waals surface area contributed by atoms with Gasteiger partial charge in [-0.3, -0.25) is 0 Å². The van der Waals surface area contributed by atoms with Gasteiger partial charge >= 0.3 is 0 Å². The molecule has 0 amide bonds. The van der Waals surface area contributed by atoms with E-state index in [4.69, 9.17) is 9.47 Å². The molecule has 0 aromatic rings. The van der Waals surface area contributed by atoms with Crippen LogP contribution < -0.4 is 5.32 Å². The van der Waals surface area contributed by atoms with E-state index >= 15 is 0 Å². The highest BCUT2D eigenvalue weighted by Gasteiger charge is 2.17. The quantitative estimate of drug-likeness (QED) is 0.475. The lowest BCUT2D eigenvalue weighted by Crippen LogP contribution is -2.41. The highest BCUT2D eigenvalue weighted by Crippen LogP contribution is 2.05. The molecule has 0 aromatic heterocycles. The van der Waals surface area contributed by atoms with Crippen molar-refractivity contribution in [3.8, 4) is 0 Å². The van der Waals surface area contributed by atoms with Gasteiger partial charge < -0.3 is 25.0 Å². The van der Waals surface area contributed by atoms with Gasteiger partial charge in [-0.1, -0.05) is 6.92 Å². The van der Waals surface area contributed by atoms with E-state index in [1.165, 1.54) is 0 Å². The second kappa shape index (κ2) is 9.69. The first-order chi connectivity index (χ1) is 8.37. The standard InChI is InChI=1S/C13H29NO4/c1-5-13(4,16)10-14-8-12(15)9-17-6-7-18-11(2)3/h11-12,14-16H,5-10H2,1-4H3. The highest BCUT2D eigenvalue weighted by atomic mass is 16.5. The predicted molar refractivity (Wildman–Crippen MR) is 71.7 cm³/mol. The average Bonchev–Trinajstić information content (AvgIpc) is 2.28. The summed E-state index contributed by atoms with van der Waals surface area (Å²) < 4.78 is 10.6. The Hall–Kier alpha value is -0.200. The predicted octanol–water partition coefficient (Wildman–Crippen LogP) is 0.540. The first-order valence-electron chi connectivity index (χ1n) is 6.68. The number of hydrogen-bond acceptors (Lipinski definition) is 5. The molecule has 5 nitrogen and oxygen atoms in total. The second-order valence-electron chi connectivity index (χ2n) is 5.13. The van der Waals surface area contributed by atoms with Gasteiger partial charge in [0.2, 0.25) is 0 Å². The van der Waals surface area contributed by atoms with Crippen molar-refractivity contribution < 1.29 is 19.7 Å². The number of aliphatic hydroxyl groups is 2. The largest absolute Gasteiger partial charge is 0.389 e. The third-order valence-corrected chi connectivity index (χ3v) is 2.64. The zero-order valence-corrected chi connectivity index (χ0v) is 12.1. The zero-order chi connectivity index (χ0) is 14.0. The summed E-state index contributed by atoms with van der Waals surface area (Å²) in [4.78, 5) is 0. The Morgan fingerprint density at radius 2 is 1.94 bits per heavy atom. The highest BCUT2D eigenvalue weighted by molar-refractivity contribution is 4.74. The fourth-order valence-corrected chi connectivity index (χ4v) is 1.25. The van der Waals surface area contributed by atoms with E-state index < -0.39 is 11.7 Å². The average molecular weight is 263 g/mol. The van der Waals surface area contributed by atoms with Gasteiger partial charge in [-0.15, -0.1) is 0 Å². The topological polar surface area (TPSA) is 71.0 Å². The van der Waals surface area contributed by atoms with Crippen molar-refractivity contribution >= 4 is 0 Å². The summed E-state index contributed by atoms with van der Waals surface area (Å²) in [5.74, 6) is 0. The van der Waals surface area contributed by atoms with E-state index in [-0.39, 0.29) is 12.7 Å². The van der Waals surface area contributed by atoms with Crippen molar-refractivity contribution in [2.75, 3.05) is 32.9 Å². The van der Waals surface area contributed by atoms with Crippen molar-refractivity contribution in [2.45, 2.75) is 51.9 Å². The number of ether oxygens (including phenoxy) is 2. The van der Waals surface area contributed by atoms with Crippen LogP contribution in [0.4, 0.5) is 0 Å². The Bertz CT molecular complexity index is 197. The minimum atomic E-state index is -0.717. The minimum Gasteiger partial charge on any atom is -0.389 e. The van der Waals surface area contributed by atoms with Crippen LogP contribution >= 0.6 is 0 Å². The van der Waals surface area contributed by atoms with Gasteiger partial charge in [0.15, 0.2) is 0 Å². The van der Waals surface area contributed by atoms with Gasteiger partial charge in [0.05, 0.1) is 37.6 Å². The van der Waals surface area contributed by atoms with Crippen LogP contribution in [0.15, 0.2) is 0 Å². The van der Waals surface area contributed by atoms with Crippen LogP contribution in [0.5, 0.6) is 0 Å². The zero-order valence-electron chi connectivity index (χ0n) is 12.1. The SMILES string of the molecule is CCC(C)(O)CNCC(O)COCCOC(C)C. The molecule has 5 heteroatoms. The van der Waals surface area contributed by atoms with Crippen molar-refractivity contribution in [1.82, 2.24) is 5.32 Å². The summed E-state index contributed by atoms with van der Waals surface area (Å²) in [6.45, 7) is 9.84. The van der Waals surface area contributed by atoms with Gasteiger partial charge in [-0.25, -0.2) is 0 Å². The lowest BCUT2D eigenvalue weighted by molar-refractivity contribution is -0.0119. The fraction of sp³-hybridized carbons (Fsp3) is 1.00. The van der Waals surface area contributed by atoms with Crippen molar-refractivity contribution in [1.29, 1.82) is 0 Å². The summed E-state index contributed by atoms with van der Waals surface area (Å²) in [6.07, 6.45) is 0.326.